The minimum absolute atomic E-state index is 0.0102. The van der Waals surface area contributed by atoms with Crippen LogP contribution in [-0.2, 0) is 27.1 Å². The summed E-state index contributed by atoms with van der Waals surface area (Å²) in [5, 5.41) is 0. The Morgan fingerprint density at radius 3 is 1.60 bits per heavy atom. The number of fused-ring (bicyclic) bond motifs is 10. The zero-order valence-electron chi connectivity index (χ0n) is 43.5. The summed E-state index contributed by atoms with van der Waals surface area (Å²) in [5.74, 6) is 0. The molecule has 0 aromatic heterocycles. The van der Waals surface area contributed by atoms with Gasteiger partial charge in [0, 0.05) is 50.6 Å². The van der Waals surface area contributed by atoms with E-state index in [0.717, 1.165) is 0 Å². The zero-order valence-corrected chi connectivity index (χ0v) is 43.5. The number of hydrogen-bond acceptors (Lipinski definition) is 3. The number of hydrogen-bond donors (Lipinski definition) is 0. The highest BCUT2D eigenvalue weighted by Crippen LogP contribution is 2.65. The van der Waals surface area contributed by atoms with Crippen LogP contribution in [0.3, 0.4) is 0 Å². The number of benzene rings is 6. The molecule has 68 heavy (non-hydrogen) atoms. The van der Waals surface area contributed by atoms with Crippen LogP contribution < -0.4 is 31.1 Å². The van der Waals surface area contributed by atoms with E-state index in [1.807, 2.05) is 0 Å². The molecule has 4 aliphatic heterocycles. The van der Waals surface area contributed by atoms with Crippen LogP contribution in [0.2, 0.25) is 0 Å². The molecule has 4 heteroatoms. The number of nitrogens with zero attached hydrogens (tertiary/aromatic N) is 3. The molecule has 2 aliphatic carbocycles. The highest BCUT2D eigenvalue weighted by atomic mass is 15.3. The Hall–Kier alpha value is -5.22. The molecule has 4 heterocycles. The van der Waals surface area contributed by atoms with Crippen LogP contribution in [0.4, 0.5) is 39.8 Å². The van der Waals surface area contributed by atoms with Crippen molar-refractivity contribution in [2.75, 3.05) is 14.7 Å². The first-order valence-electron chi connectivity index (χ1n) is 26.3. The maximum absolute atomic E-state index is 2.95. The van der Waals surface area contributed by atoms with Gasteiger partial charge in [-0.05, 0) is 154 Å². The van der Waals surface area contributed by atoms with Crippen molar-refractivity contribution in [3.8, 4) is 11.1 Å². The van der Waals surface area contributed by atoms with E-state index in [1.165, 1.54) is 135 Å². The van der Waals surface area contributed by atoms with Gasteiger partial charge in [-0.25, -0.2) is 0 Å². The SMILES string of the molecule is CC(C)(C)c1ccc(N2c3ccc(C(C)(C)C)cc3B3c4cc(-c5ccccc5)cc5c4N(c4cc(N6c7ccc(C(C)(C)C)cc7C7(C)CCCCC67C)cc2c43)C2(C)CCCCC52C)cc1. The molecule has 3 nitrogen and oxygen atoms in total. The lowest BCUT2D eigenvalue weighted by Gasteiger charge is -2.54. The van der Waals surface area contributed by atoms with Crippen LogP contribution >= 0.6 is 0 Å². The predicted octanol–water partition coefficient (Wildman–Crippen LogP) is 15.3. The van der Waals surface area contributed by atoms with Gasteiger partial charge in [0.05, 0.1) is 11.1 Å². The van der Waals surface area contributed by atoms with Crippen molar-refractivity contribution < 1.29 is 0 Å². The maximum Gasteiger partial charge on any atom is 0.252 e. The molecule has 6 aromatic carbocycles. The molecule has 0 bridgehead atoms. The van der Waals surface area contributed by atoms with Gasteiger partial charge in [-0.3, -0.25) is 0 Å². The standard InChI is InChI=1S/C64H74BN3/c1-58(2,3)43-23-27-46(28-24-43)66-53-30-26-45(60(7,8)9)38-50(53)65-51-36-42(41-21-15-14-16-22-41)35-49-57(51)68(64(13)34-20-18-32-62(49,64)11)55-40-47(39-54(66)56(55)65)67-52-29-25-44(59(4,5)6)37-48(52)61(10)31-17-19-33-63(61,67)12/h14-16,21-30,35-40H,17-20,31-34H2,1-13H3. The van der Waals surface area contributed by atoms with Crippen molar-refractivity contribution in [1.29, 1.82) is 0 Å². The van der Waals surface area contributed by atoms with E-state index in [-0.39, 0.29) is 44.9 Å². The smallest absolute Gasteiger partial charge is 0.252 e. The summed E-state index contributed by atoms with van der Waals surface area (Å²) >= 11 is 0. The highest BCUT2D eigenvalue weighted by molar-refractivity contribution is 7.00. The van der Waals surface area contributed by atoms with E-state index in [9.17, 15) is 0 Å². The van der Waals surface area contributed by atoms with E-state index in [0.29, 0.717) is 0 Å². The van der Waals surface area contributed by atoms with Crippen molar-refractivity contribution in [2.24, 2.45) is 0 Å². The van der Waals surface area contributed by atoms with Crippen molar-refractivity contribution in [1.82, 2.24) is 0 Å². The summed E-state index contributed by atoms with van der Waals surface area (Å²) < 4.78 is 0. The van der Waals surface area contributed by atoms with Crippen LogP contribution in [0.1, 0.15) is 169 Å². The molecule has 6 aromatic rings. The first-order valence-corrected chi connectivity index (χ1v) is 26.3. The lowest BCUT2D eigenvalue weighted by molar-refractivity contribution is 0.194. The van der Waals surface area contributed by atoms with Gasteiger partial charge < -0.3 is 14.7 Å². The summed E-state index contributed by atoms with van der Waals surface area (Å²) in [6, 6.07) is 46.6. The summed E-state index contributed by atoms with van der Waals surface area (Å²) in [5.41, 5.74) is 23.7. The first-order chi connectivity index (χ1) is 32.1. The summed E-state index contributed by atoms with van der Waals surface area (Å²) in [6.07, 6.45) is 9.78. The van der Waals surface area contributed by atoms with Gasteiger partial charge in [0.1, 0.15) is 0 Å². The van der Waals surface area contributed by atoms with Gasteiger partial charge in [-0.15, -0.1) is 0 Å². The van der Waals surface area contributed by atoms with E-state index < -0.39 is 0 Å². The zero-order chi connectivity index (χ0) is 47.7. The molecule has 0 spiro atoms. The summed E-state index contributed by atoms with van der Waals surface area (Å²) in [7, 11) is 0. The molecule has 0 N–H and O–H groups in total. The van der Waals surface area contributed by atoms with E-state index in [2.05, 4.69) is 220 Å². The van der Waals surface area contributed by atoms with Crippen molar-refractivity contribution >= 4 is 62.9 Å². The Morgan fingerprint density at radius 1 is 0.426 bits per heavy atom. The van der Waals surface area contributed by atoms with Crippen molar-refractivity contribution in [2.45, 2.75) is 180 Å². The van der Waals surface area contributed by atoms with Crippen molar-refractivity contribution in [3.63, 3.8) is 0 Å². The molecular formula is C64H74BN3. The minimum atomic E-state index is -0.102. The Morgan fingerprint density at radius 2 is 0.971 bits per heavy atom. The third-order valence-corrected chi connectivity index (χ3v) is 19.2. The largest absolute Gasteiger partial charge is 0.335 e. The lowest BCUT2D eigenvalue weighted by atomic mass is 9.33. The second kappa shape index (κ2) is 14.2. The number of anilines is 7. The Labute approximate surface area is 409 Å². The van der Waals surface area contributed by atoms with E-state index in [1.54, 1.807) is 11.1 Å². The third-order valence-electron chi connectivity index (χ3n) is 19.2. The Kier molecular flexibility index (Phi) is 9.19. The molecular weight excluding hydrogens is 822 g/mol. The van der Waals surface area contributed by atoms with Gasteiger partial charge in [-0.2, -0.15) is 0 Å². The first kappa shape index (κ1) is 44.0. The Balaban J connectivity index is 1.21. The average Bonchev–Trinajstić information content (AvgIpc) is 3.64. The van der Waals surface area contributed by atoms with Gasteiger partial charge in [-0.1, -0.05) is 175 Å². The van der Waals surface area contributed by atoms with E-state index in [4.69, 9.17) is 0 Å². The van der Waals surface area contributed by atoms with Gasteiger partial charge in [0.15, 0.2) is 0 Å². The summed E-state index contributed by atoms with van der Waals surface area (Å²) in [6.45, 7) is 31.9. The van der Waals surface area contributed by atoms with Crippen LogP contribution in [-0.4, -0.2) is 17.8 Å². The molecule has 12 rings (SSSR count). The average molecular weight is 896 g/mol. The molecule has 348 valence electrons. The normalized spacial score (nSPS) is 25.7. The minimum Gasteiger partial charge on any atom is -0.335 e. The third kappa shape index (κ3) is 5.85. The molecule has 6 aliphatic rings. The molecule has 0 radical (unpaired) electrons. The fourth-order valence-electron chi connectivity index (χ4n) is 14.7. The molecule has 2 fully saturated rings. The van der Waals surface area contributed by atoms with Gasteiger partial charge in [0.2, 0.25) is 0 Å². The lowest BCUT2D eigenvalue weighted by Crippen LogP contribution is -2.64. The topological polar surface area (TPSA) is 9.72 Å². The predicted molar refractivity (Wildman–Crippen MR) is 293 cm³/mol. The summed E-state index contributed by atoms with van der Waals surface area (Å²) in [4.78, 5) is 8.50. The molecule has 2 saturated carbocycles. The van der Waals surface area contributed by atoms with Gasteiger partial charge >= 0.3 is 0 Å². The van der Waals surface area contributed by atoms with Gasteiger partial charge in [0.25, 0.3) is 6.71 Å². The van der Waals surface area contributed by atoms with Crippen LogP contribution in [0.15, 0.2) is 115 Å². The van der Waals surface area contributed by atoms with Crippen LogP contribution in [0.5, 0.6) is 0 Å². The molecule has 0 amide bonds. The second-order valence-corrected chi connectivity index (χ2v) is 26.1. The van der Waals surface area contributed by atoms with Crippen LogP contribution in [0, 0.1) is 0 Å². The van der Waals surface area contributed by atoms with E-state index >= 15 is 0 Å². The molecule has 0 saturated heterocycles. The fraction of sp³-hybridized carbons (Fsp3) is 0.438. The monoisotopic (exact) mass is 896 g/mol. The second-order valence-electron chi connectivity index (χ2n) is 26.1. The maximum atomic E-state index is 2.95. The Bertz CT molecular complexity index is 3050. The quantitative estimate of drug-likeness (QED) is 0.164. The number of rotatable bonds is 3. The molecule has 4 unspecified atom stereocenters. The fourth-order valence-corrected chi connectivity index (χ4v) is 14.7. The highest BCUT2D eigenvalue weighted by Gasteiger charge is 2.63. The van der Waals surface area contributed by atoms with Crippen LogP contribution in [0.25, 0.3) is 11.1 Å². The molecule has 4 atom stereocenters. The van der Waals surface area contributed by atoms with Crippen molar-refractivity contribution in [3.05, 3.63) is 143 Å².